The van der Waals surface area contributed by atoms with E-state index in [9.17, 15) is 0 Å². The molecule has 0 radical (unpaired) electrons. The van der Waals surface area contributed by atoms with E-state index in [0.717, 1.165) is 0 Å². The summed E-state index contributed by atoms with van der Waals surface area (Å²) in [6, 6.07) is 1.33. The van der Waals surface area contributed by atoms with Gasteiger partial charge in [0.05, 0.1) is 6.10 Å². The number of likely N-dealkylation sites (tertiary alicyclic amines) is 1. The lowest BCUT2D eigenvalue weighted by Crippen LogP contribution is -2.44. The molecule has 13 heavy (non-hydrogen) atoms. The standard InChI is InChI=1S/C11H23NO/c1-9-7-5-6-8-11(12(9)3)10(2)13-4/h9-11H,5-8H2,1-4H3. The SMILES string of the molecule is COC(C)C1CCCCC(C)N1C. The molecule has 1 aliphatic heterocycles. The van der Waals surface area contributed by atoms with Crippen molar-refractivity contribution in [1.82, 2.24) is 4.90 Å². The van der Waals surface area contributed by atoms with Crippen LogP contribution in [-0.4, -0.2) is 37.2 Å². The first-order valence-electron chi connectivity index (χ1n) is 5.41. The Morgan fingerprint density at radius 2 is 1.92 bits per heavy atom. The lowest BCUT2D eigenvalue weighted by molar-refractivity contribution is 0.0227. The zero-order valence-corrected chi connectivity index (χ0v) is 9.42. The molecular weight excluding hydrogens is 162 g/mol. The third-order valence-electron chi connectivity index (χ3n) is 3.50. The van der Waals surface area contributed by atoms with Crippen molar-refractivity contribution in [3.8, 4) is 0 Å². The summed E-state index contributed by atoms with van der Waals surface area (Å²) in [5.74, 6) is 0. The number of ether oxygens (including phenoxy) is 1. The van der Waals surface area contributed by atoms with Gasteiger partial charge in [-0.05, 0) is 33.7 Å². The van der Waals surface area contributed by atoms with Crippen LogP contribution in [0.2, 0.25) is 0 Å². The number of methoxy groups -OCH3 is 1. The van der Waals surface area contributed by atoms with Crippen molar-refractivity contribution >= 4 is 0 Å². The maximum atomic E-state index is 5.42. The van der Waals surface area contributed by atoms with Crippen LogP contribution in [0.4, 0.5) is 0 Å². The van der Waals surface area contributed by atoms with Crippen LogP contribution in [0, 0.1) is 0 Å². The number of hydrogen-bond donors (Lipinski definition) is 0. The predicted molar refractivity (Wildman–Crippen MR) is 56.0 cm³/mol. The molecule has 0 amide bonds. The van der Waals surface area contributed by atoms with Crippen LogP contribution in [0.1, 0.15) is 39.5 Å². The van der Waals surface area contributed by atoms with Gasteiger partial charge >= 0.3 is 0 Å². The molecule has 0 spiro atoms. The molecule has 1 fully saturated rings. The van der Waals surface area contributed by atoms with Crippen molar-refractivity contribution in [2.75, 3.05) is 14.2 Å². The Bertz CT molecular complexity index is 149. The lowest BCUT2D eigenvalue weighted by atomic mass is 10.1. The van der Waals surface area contributed by atoms with Gasteiger partial charge in [-0.15, -0.1) is 0 Å². The first-order valence-corrected chi connectivity index (χ1v) is 5.41. The zero-order chi connectivity index (χ0) is 9.84. The molecule has 0 aliphatic carbocycles. The fourth-order valence-electron chi connectivity index (χ4n) is 2.25. The highest BCUT2D eigenvalue weighted by molar-refractivity contribution is 4.81. The summed E-state index contributed by atoms with van der Waals surface area (Å²) in [4.78, 5) is 2.49. The Hall–Kier alpha value is -0.0800. The van der Waals surface area contributed by atoms with Crippen LogP contribution in [0.15, 0.2) is 0 Å². The van der Waals surface area contributed by atoms with Crippen molar-refractivity contribution in [3.63, 3.8) is 0 Å². The summed E-state index contributed by atoms with van der Waals surface area (Å²) >= 11 is 0. The summed E-state index contributed by atoms with van der Waals surface area (Å²) in [5, 5.41) is 0. The van der Waals surface area contributed by atoms with E-state index in [1.807, 2.05) is 7.11 Å². The Kier molecular flexibility index (Phi) is 4.20. The summed E-state index contributed by atoms with van der Waals surface area (Å²) < 4.78 is 5.42. The Labute approximate surface area is 82.3 Å². The summed E-state index contributed by atoms with van der Waals surface area (Å²) in [6.07, 6.45) is 5.72. The molecule has 0 bridgehead atoms. The first kappa shape index (κ1) is 11.0. The van der Waals surface area contributed by atoms with Crippen LogP contribution in [0.25, 0.3) is 0 Å². The molecule has 2 heteroatoms. The van der Waals surface area contributed by atoms with Gasteiger partial charge in [0, 0.05) is 19.2 Å². The highest BCUT2D eigenvalue weighted by atomic mass is 16.5. The van der Waals surface area contributed by atoms with Gasteiger partial charge in [-0.1, -0.05) is 12.8 Å². The van der Waals surface area contributed by atoms with Crippen molar-refractivity contribution in [2.24, 2.45) is 0 Å². The van der Waals surface area contributed by atoms with Gasteiger partial charge in [-0.25, -0.2) is 0 Å². The van der Waals surface area contributed by atoms with E-state index in [-0.39, 0.29) is 0 Å². The summed E-state index contributed by atoms with van der Waals surface area (Å²) in [6.45, 7) is 4.50. The van der Waals surface area contributed by atoms with Crippen molar-refractivity contribution < 1.29 is 4.74 Å². The maximum Gasteiger partial charge on any atom is 0.0698 e. The second kappa shape index (κ2) is 4.97. The molecule has 0 aromatic rings. The number of likely N-dealkylation sites (N-methyl/N-ethyl adjacent to an activating group) is 1. The highest BCUT2D eigenvalue weighted by Crippen LogP contribution is 2.23. The molecule has 1 rings (SSSR count). The second-order valence-electron chi connectivity index (χ2n) is 4.31. The molecule has 1 heterocycles. The van der Waals surface area contributed by atoms with Gasteiger partial charge < -0.3 is 4.74 Å². The molecule has 3 atom stereocenters. The Morgan fingerprint density at radius 3 is 2.54 bits per heavy atom. The minimum Gasteiger partial charge on any atom is -0.380 e. The van der Waals surface area contributed by atoms with E-state index in [1.165, 1.54) is 25.7 Å². The average molecular weight is 185 g/mol. The topological polar surface area (TPSA) is 12.5 Å². The molecule has 0 aromatic carbocycles. The minimum atomic E-state index is 0.366. The highest BCUT2D eigenvalue weighted by Gasteiger charge is 2.26. The normalized spacial score (nSPS) is 34.2. The minimum absolute atomic E-state index is 0.366. The third kappa shape index (κ3) is 2.68. The van der Waals surface area contributed by atoms with Crippen LogP contribution in [0.5, 0.6) is 0 Å². The molecular formula is C11H23NO. The predicted octanol–water partition coefficient (Wildman–Crippen LogP) is 2.28. The van der Waals surface area contributed by atoms with E-state index < -0.39 is 0 Å². The van der Waals surface area contributed by atoms with Crippen molar-refractivity contribution in [1.29, 1.82) is 0 Å². The second-order valence-corrected chi connectivity index (χ2v) is 4.31. The van der Waals surface area contributed by atoms with Gasteiger partial charge in [0.15, 0.2) is 0 Å². The fourth-order valence-corrected chi connectivity index (χ4v) is 2.25. The molecule has 78 valence electrons. The smallest absolute Gasteiger partial charge is 0.0698 e. The van der Waals surface area contributed by atoms with Crippen LogP contribution in [-0.2, 0) is 4.74 Å². The van der Waals surface area contributed by atoms with Crippen LogP contribution < -0.4 is 0 Å². The largest absolute Gasteiger partial charge is 0.380 e. The molecule has 0 N–H and O–H groups in total. The number of rotatable bonds is 2. The van der Waals surface area contributed by atoms with Gasteiger partial charge in [-0.2, -0.15) is 0 Å². The van der Waals surface area contributed by atoms with Crippen molar-refractivity contribution in [3.05, 3.63) is 0 Å². The molecule has 1 saturated heterocycles. The molecule has 1 aliphatic rings. The van der Waals surface area contributed by atoms with Crippen LogP contribution >= 0.6 is 0 Å². The van der Waals surface area contributed by atoms with E-state index in [0.29, 0.717) is 18.2 Å². The Morgan fingerprint density at radius 1 is 1.31 bits per heavy atom. The molecule has 0 aromatic heterocycles. The average Bonchev–Trinajstić information content (AvgIpc) is 2.29. The van der Waals surface area contributed by atoms with E-state index >= 15 is 0 Å². The maximum absolute atomic E-state index is 5.42. The zero-order valence-electron chi connectivity index (χ0n) is 9.42. The van der Waals surface area contributed by atoms with Crippen LogP contribution in [0.3, 0.4) is 0 Å². The fraction of sp³-hybridized carbons (Fsp3) is 1.00. The van der Waals surface area contributed by atoms with E-state index in [4.69, 9.17) is 4.74 Å². The van der Waals surface area contributed by atoms with Gasteiger partial charge in [0.1, 0.15) is 0 Å². The van der Waals surface area contributed by atoms with E-state index in [2.05, 4.69) is 25.8 Å². The summed E-state index contributed by atoms with van der Waals surface area (Å²) in [5.41, 5.74) is 0. The molecule has 3 unspecified atom stereocenters. The number of hydrogen-bond acceptors (Lipinski definition) is 2. The quantitative estimate of drug-likeness (QED) is 0.654. The first-order chi connectivity index (χ1) is 6.16. The van der Waals surface area contributed by atoms with Gasteiger partial charge in [-0.3, -0.25) is 4.90 Å². The molecule has 2 nitrogen and oxygen atoms in total. The molecule has 0 saturated carbocycles. The van der Waals surface area contributed by atoms with Crippen molar-refractivity contribution in [2.45, 2.75) is 57.7 Å². The monoisotopic (exact) mass is 185 g/mol. The van der Waals surface area contributed by atoms with Gasteiger partial charge in [0.25, 0.3) is 0 Å². The Balaban J connectivity index is 2.58. The third-order valence-corrected chi connectivity index (χ3v) is 3.50. The van der Waals surface area contributed by atoms with E-state index in [1.54, 1.807) is 0 Å². The van der Waals surface area contributed by atoms with Gasteiger partial charge in [0.2, 0.25) is 0 Å². The lowest BCUT2D eigenvalue weighted by Gasteiger charge is -2.34. The summed E-state index contributed by atoms with van der Waals surface area (Å²) in [7, 11) is 4.05. The number of nitrogens with zero attached hydrogens (tertiary/aromatic N) is 1.